The molecule has 1 aromatic heterocycles. The van der Waals surface area contributed by atoms with Gasteiger partial charge in [0, 0.05) is 31.6 Å². The second-order valence-corrected chi connectivity index (χ2v) is 5.58. The topological polar surface area (TPSA) is 105 Å². The highest BCUT2D eigenvalue weighted by Gasteiger charge is 2.39. The van der Waals surface area contributed by atoms with E-state index in [0.717, 1.165) is 24.2 Å². The van der Waals surface area contributed by atoms with E-state index in [4.69, 9.17) is 10.6 Å². The number of anilines is 2. The van der Waals surface area contributed by atoms with Gasteiger partial charge in [-0.15, -0.1) is 0 Å². The van der Waals surface area contributed by atoms with Gasteiger partial charge in [-0.2, -0.15) is 0 Å². The standard InChI is InChI=1S/C14H25N5O2/c1-4-5-11-17-12(9(2)13(18-11)19-15)16-8-14(20)6-7-21-10(14)3/h10,20H,4-8,15H2,1-3H3,(H2,16,17,18,19). The van der Waals surface area contributed by atoms with Crippen molar-refractivity contribution in [2.75, 3.05) is 23.9 Å². The van der Waals surface area contributed by atoms with Crippen LogP contribution in [0.5, 0.6) is 0 Å². The molecule has 0 radical (unpaired) electrons. The van der Waals surface area contributed by atoms with Crippen LogP contribution in [0.4, 0.5) is 11.6 Å². The van der Waals surface area contributed by atoms with E-state index in [1.165, 1.54) is 0 Å². The molecule has 7 nitrogen and oxygen atoms in total. The van der Waals surface area contributed by atoms with Crippen molar-refractivity contribution in [2.45, 2.75) is 51.7 Å². The zero-order valence-electron chi connectivity index (χ0n) is 12.9. The molecule has 118 valence electrons. The lowest BCUT2D eigenvalue weighted by molar-refractivity contribution is -0.0176. The number of hydrazine groups is 1. The van der Waals surface area contributed by atoms with Gasteiger partial charge in [-0.1, -0.05) is 6.92 Å². The van der Waals surface area contributed by atoms with Crippen molar-refractivity contribution in [1.82, 2.24) is 9.97 Å². The predicted molar refractivity (Wildman–Crippen MR) is 82.0 cm³/mol. The number of rotatable bonds is 6. The first kappa shape index (κ1) is 15.9. The number of nitrogens with two attached hydrogens (primary N) is 1. The fourth-order valence-electron chi connectivity index (χ4n) is 2.45. The average molecular weight is 295 g/mol. The number of aryl methyl sites for hydroxylation is 1. The molecule has 2 unspecified atom stereocenters. The molecule has 1 saturated heterocycles. The maximum absolute atomic E-state index is 10.5. The monoisotopic (exact) mass is 295 g/mol. The minimum atomic E-state index is -0.862. The molecule has 0 aliphatic carbocycles. The first-order valence-electron chi connectivity index (χ1n) is 7.42. The smallest absolute Gasteiger partial charge is 0.148 e. The van der Waals surface area contributed by atoms with Gasteiger partial charge in [0.15, 0.2) is 0 Å². The summed E-state index contributed by atoms with van der Waals surface area (Å²) in [6.07, 6.45) is 2.18. The maximum atomic E-state index is 10.5. The van der Waals surface area contributed by atoms with Crippen LogP contribution in [0.15, 0.2) is 0 Å². The summed E-state index contributed by atoms with van der Waals surface area (Å²) >= 11 is 0. The molecule has 21 heavy (non-hydrogen) atoms. The molecule has 1 fully saturated rings. The van der Waals surface area contributed by atoms with Crippen molar-refractivity contribution < 1.29 is 9.84 Å². The van der Waals surface area contributed by atoms with Gasteiger partial charge in [0.1, 0.15) is 23.1 Å². The first-order chi connectivity index (χ1) is 10.00. The lowest BCUT2D eigenvalue weighted by atomic mass is 9.97. The number of nitrogens with one attached hydrogen (secondary N) is 2. The van der Waals surface area contributed by atoms with E-state index in [1.54, 1.807) is 0 Å². The van der Waals surface area contributed by atoms with E-state index < -0.39 is 5.60 Å². The zero-order valence-corrected chi connectivity index (χ0v) is 12.9. The van der Waals surface area contributed by atoms with Gasteiger partial charge in [0.2, 0.25) is 0 Å². The molecule has 2 heterocycles. The van der Waals surface area contributed by atoms with Crippen molar-refractivity contribution in [3.05, 3.63) is 11.4 Å². The molecular weight excluding hydrogens is 270 g/mol. The molecule has 2 rings (SSSR count). The Bertz CT molecular complexity index is 496. The van der Waals surface area contributed by atoms with Crippen molar-refractivity contribution in [1.29, 1.82) is 0 Å². The summed E-state index contributed by atoms with van der Waals surface area (Å²) in [5.41, 5.74) is 2.58. The number of nitrogen functional groups attached to an aromatic ring is 1. The molecule has 7 heteroatoms. The Balaban J connectivity index is 2.16. The van der Waals surface area contributed by atoms with Crippen LogP contribution < -0.4 is 16.6 Å². The largest absolute Gasteiger partial charge is 0.385 e. The van der Waals surface area contributed by atoms with E-state index in [2.05, 4.69) is 27.6 Å². The third-order valence-corrected chi connectivity index (χ3v) is 4.02. The normalized spacial score (nSPS) is 25.1. The fourth-order valence-corrected chi connectivity index (χ4v) is 2.45. The Kier molecular flexibility index (Phi) is 4.97. The summed E-state index contributed by atoms with van der Waals surface area (Å²) in [6, 6.07) is 0. The van der Waals surface area contributed by atoms with Gasteiger partial charge < -0.3 is 20.6 Å². The first-order valence-corrected chi connectivity index (χ1v) is 7.42. The maximum Gasteiger partial charge on any atom is 0.148 e. The van der Waals surface area contributed by atoms with Crippen LogP contribution in [-0.4, -0.2) is 39.9 Å². The summed E-state index contributed by atoms with van der Waals surface area (Å²) in [5.74, 6) is 7.56. The van der Waals surface area contributed by atoms with Crippen LogP contribution in [0.1, 0.15) is 38.1 Å². The number of nitrogens with zero attached hydrogens (tertiary/aromatic N) is 2. The van der Waals surface area contributed by atoms with Gasteiger partial charge >= 0.3 is 0 Å². The van der Waals surface area contributed by atoms with E-state index in [-0.39, 0.29) is 6.10 Å². The lowest BCUT2D eigenvalue weighted by Crippen LogP contribution is -2.43. The van der Waals surface area contributed by atoms with Gasteiger partial charge in [0.05, 0.1) is 6.10 Å². The minimum Gasteiger partial charge on any atom is -0.385 e. The van der Waals surface area contributed by atoms with Gasteiger partial charge in [-0.3, -0.25) is 0 Å². The third kappa shape index (κ3) is 3.42. The number of hydrogen-bond donors (Lipinski definition) is 4. The highest BCUT2D eigenvalue weighted by Crippen LogP contribution is 2.27. The molecule has 0 bridgehead atoms. The van der Waals surface area contributed by atoms with Crippen LogP contribution in [0.3, 0.4) is 0 Å². The fraction of sp³-hybridized carbons (Fsp3) is 0.714. The van der Waals surface area contributed by atoms with E-state index in [1.807, 2.05) is 13.8 Å². The van der Waals surface area contributed by atoms with Crippen LogP contribution in [0.2, 0.25) is 0 Å². The van der Waals surface area contributed by atoms with Crippen molar-refractivity contribution in [3.8, 4) is 0 Å². The van der Waals surface area contributed by atoms with Crippen molar-refractivity contribution >= 4 is 11.6 Å². The Hall–Kier alpha value is -1.44. The number of aromatic nitrogens is 2. The van der Waals surface area contributed by atoms with Gasteiger partial charge in [0.25, 0.3) is 0 Å². The Morgan fingerprint density at radius 1 is 1.43 bits per heavy atom. The molecule has 0 amide bonds. The minimum absolute atomic E-state index is 0.186. The molecule has 0 saturated carbocycles. The Labute approximate surface area is 125 Å². The predicted octanol–water partition coefficient (Wildman–Crippen LogP) is 0.975. The summed E-state index contributed by atoms with van der Waals surface area (Å²) in [4.78, 5) is 8.90. The van der Waals surface area contributed by atoms with Crippen LogP contribution in [0, 0.1) is 6.92 Å². The Morgan fingerprint density at radius 3 is 2.71 bits per heavy atom. The van der Waals surface area contributed by atoms with E-state index >= 15 is 0 Å². The van der Waals surface area contributed by atoms with Crippen LogP contribution >= 0.6 is 0 Å². The summed E-state index contributed by atoms with van der Waals surface area (Å²) in [6.45, 7) is 6.83. The zero-order chi connectivity index (χ0) is 15.5. The van der Waals surface area contributed by atoms with Crippen LogP contribution in [0.25, 0.3) is 0 Å². The van der Waals surface area contributed by atoms with Gasteiger partial charge in [-0.25, -0.2) is 15.8 Å². The summed E-state index contributed by atoms with van der Waals surface area (Å²) in [7, 11) is 0. The van der Waals surface area contributed by atoms with Crippen molar-refractivity contribution in [2.24, 2.45) is 5.84 Å². The SMILES string of the molecule is CCCc1nc(NN)c(C)c(NCC2(O)CCOC2C)n1. The summed E-state index contributed by atoms with van der Waals surface area (Å²) < 4.78 is 5.44. The van der Waals surface area contributed by atoms with Crippen LogP contribution in [-0.2, 0) is 11.2 Å². The number of hydrogen-bond acceptors (Lipinski definition) is 7. The molecule has 1 aromatic rings. The average Bonchev–Trinajstić information content (AvgIpc) is 2.79. The molecule has 1 aliphatic heterocycles. The lowest BCUT2D eigenvalue weighted by Gasteiger charge is -2.27. The third-order valence-electron chi connectivity index (χ3n) is 4.02. The number of aliphatic hydroxyl groups is 1. The van der Waals surface area contributed by atoms with E-state index in [9.17, 15) is 5.11 Å². The summed E-state index contributed by atoms with van der Waals surface area (Å²) in [5, 5.41) is 13.8. The second-order valence-electron chi connectivity index (χ2n) is 5.58. The quantitative estimate of drug-likeness (QED) is 0.458. The van der Waals surface area contributed by atoms with Gasteiger partial charge in [-0.05, 0) is 20.3 Å². The van der Waals surface area contributed by atoms with Crippen molar-refractivity contribution in [3.63, 3.8) is 0 Å². The second kappa shape index (κ2) is 6.55. The molecule has 2 atom stereocenters. The van der Waals surface area contributed by atoms with E-state index in [0.29, 0.717) is 31.2 Å². The molecule has 1 aliphatic rings. The number of ether oxygens (including phenoxy) is 1. The Morgan fingerprint density at radius 2 is 2.14 bits per heavy atom. The molecule has 5 N–H and O–H groups in total. The molecule has 0 spiro atoms. The molecule has 0 aromatic carbocycles. The molecular formula is C14H25N5O2. The highest BCUT2D eigenvalue weighted by atomic mass is 16.5. The highest BCUT2D eigenvalue weighted by molar-refractivity contribution is 5.56.